The third-order valence-electron chi connectivity index (χ3n) is 1.28. The Morgan fingerprint density at radius 2 is 1.82 bits per heavy atom. The van der Waals surface area contributed by atoms with Crippen molar-refractivity contribution in [3.63, 3.8) is 0 Å². The molecular formula is C9H14F2. The van der Waals surface area contributed by atoms with Crippen molar-refractivity contribution in [2.24, 2.45) is 0 Å². The number of hydrogen-bond donors (Lipinski definition) is 0. The summed E-state index contributed by atoms with van der Waals surface area (Å²) in [7, 11) is 0. The second-order valence-electron chi connectivity index (χ2n) is 3.03. The second kappa shape index (κ2) is 3.65. The van der Waals surface area contributed by atoms with Crippen molar-refractivity contribution in [3.05, 3.63) is 23.6 Å². The topological polar surface area (TPSA) is 0 Å². The van der Waals surface area contributed by atoms with Crippen LogP contribution in [0.15, 0.2) is 23.6 Å². The van der Waals surface area contributed by atoms with E-state index in [1.165, 1.54) is 13.8 Å². The van der Waals surface area contributed by atoms with Crippen molar-refractivity contribution < 1.29 is 8.78 Å². The van der Waals surface area contributed by atoms with Crippen LogP contribution in [0, 0.1) is 0 Å². The molecule has 0 aliphatic carbocycles. The molecule has 0 aliphatic heterocycles. The van der Waals surface area contributed by atoms with Crippen molar-refractivity contribution >= 4 is 0 Å². The van der Waals surface area contributed by atoms with E-state index in [1.54, 1.807) is 19.9 Å². The predicted octanol–water partition coefficient (Wildman–Crippen LogP) is 3.55. The molecular weight excluding hydrogens is 146 g/mol. The van der Waals surface area contributed by atoms with E-state index in [4.69, 9.17) is 0 Å². The minimum atomic E-state index is -1.58. The number of allylic oxidation sites excluding steroid dienone is 4. The molecule has 0 amide bonds. The molecule has 0 atom stereocenters. The van der Waals surface area contributed by atoms with Crippen LogP contribution in [0.25, 0.3) is 0 Å². The van der Waals surface area contributed by atoms with Gasteiger partial charge >= 0.3 is 0 Å². The van der Waals surface area contributed by atoms with Gasteiger partial charge in [0.05, 0.1) is 0 Å². The molecule has 0 saturated carbocycles. The summed E-state index contributed by atoms with van der Waals surface area (Å²) in [5, 5.41) is 0. The molecule has 0 unspecified atom stereocenters. The number of alkyl halides is 1. The largest absolute Gasteiger partial charge is 0.240 e. The van der Waals surface area contributed by atoms with Gasteiger partial charge in [0.15, 0.2) is 0 Å². The summed E-state index contributed by atoms with van der Waals surface area (Å²) in [5.41, 5.74) is -1.11. The van der Waals surface area contributed by atoms with Gasteiger partial charge in [0.2, 0.25) is 0 Å². The molecule has 0 rings (SSSR count). The Hall–Kier alpha value is -0.660. The molecule has 0 aromatic rings. The first-order valence-electron chi connectivity index (χ1n) is 3.57. The Morgan fingerprint density at radius 1 is 1.36 bits per heavy atom. The standard InChI is InChI=1S/C9H14F2/c1-5-7(2)8(10)6-9(3,4)11/h5-6H,1-4H3/b7-5-,8-6+. The summed E-state index contributed by atoms with van der Waals surface area (Å²) in [6, 6.07) is 0. The lowest BCUT2D eigenvalue weighted by Crippen LogP contribution is -2.07. The fraction of sp³-hybridized carbons (Fsp3) is 0.556. The molecule has 0 spiro atoms. The van der Waals surface area contributed by atoms with Crippen LogP contribution >= 0.6 is 0 Å². The molecule has 0 N–H and O–H groups in total. The molecule has 0 nitrogen and oxygen atoms in total. The first-order valence-corrected chi connectivity index (χ1v) is 3.57. The normalized spacial score (nSPS) is 15.5. The van der Waals surface area contributed by atoms with E-state index in [1.807, 2.05) is 0 Å². The summed E-state index contributed by atoms with van der Waals surface area (Å²) in [5.74, 6) is -0.486. The highest BCUT2D eigenvalue weighted by molar-refractivity contribution is 5.24. The van der Waals surface area contributed by atoms with Crippen LogP contribution in [-0.2, 0) is 0 Å². The van der Waals surface area contributed by atoms with E-state index in [0.29, 0.717) is 5.57 Å². The highest BCUT2D eigenvalue weighted by Crippen LogP contribution is 2.18. The molecule has 0 aromatic heterocycles. The predicted molar refractivity (Wildman–Crippen MR) is 43.8 cm³/mol. The Kier molecular flexibility index (Phi) is 3.43. The van der Waals surface area contributed by atoms with E-state index in [0.717, 1.165) is 6.08 Å². The third-order valence-corrected chi connectivity index (χ3v) is 1.28. The van der Waals surface area contributed by atoms with E-state index in [9.17, 15) is 8.78 Å². The van der Waals surface area contributed by atoms with Crippen molar-refractivity contribution in [1.82, 2.24) is 0 Å². The lowest BCUT2D eigenvalue weighted by atomic mass is 10.1. The molecule has 0 aromatic carbocycles. The van der Waals surface area contributed by atoms with Crippen LogP contribution in [-0.4, -0.2) is 5.67 Å². The maximum absolute atomic E-state index is 12.8. The number of hydrogen-bond acceptors (Lipinski definition) is 0. The zero-order chi connectivity index (χ0) is 9.07. The van der Waals surface area contributed by atoms with Gasteiger partial charge in [0.25, 0.3) is 0 Å². The van der Waals surface area contributed by atoms with E-state index < -0.39 is 11.5 Å². The quantitative estimate of drug-likeness (QED) is 0.542. The zero-order valence-electron chi connectivity index (χ0n) is 7.41. The summed E-state index contributed by atoms with van der Waals surface area (Å²) >= 11 is 0. The SMILES string of the molecule is C/C=C(C)\C(F)=C/C(C)(C)F. The van der Waals surface area contributed by atoms with Gasteiger partial charge < -0.3 is 0 Å². The van der Waals surface area contributed by atoms with Gasteiger partial charge in [0.1, 0.15) is 11.5 Å². The lowest BCUT2D eigenvalue weighted by molar-refractivity contribution is 0.282. The van der Waals surface area contributed by atoms with Crippen molar-refractivity contribution in [3.8, 4) is 0 Å². The van der Waals surface area contributed by atoms with Gasteiger partial charge in [0, 0.05) is 0 Å². The van der Waals surface area contributed by atoms with Gasteiger partial charge in [-0.1, -0.05) is 6.08 Å². The summed E-state index contributed by atoms with van der Waals surface area (Å²) in [4.78, 5) is 0. The molecule has 0 radical (unpaired) electrons. The van der Waals surface area contributed by atoms with Crippen molar-refractivity contribution in [2.75, 3.05) is 0 Å². The Balaban J connectivity index is 4.48. The Labute approximate surface area is 66.6 Å². The minimum absolute atomic E-state index is 0.468. The number of halogens is 2. The minimum Gasteiger partial charge on any atom is -0.240 e. The smallest absolute Gasteiger partial charge is 0.126 e. The average Bonchev–Trinajstić information content (AvgIpc) is 1.82. The fourth-order valence-electron chi connectivity index (χ4n) is 0.553. The molecule has 11 heavy (non-hydrogen) atoms. The maximum Gasteiger partial charge on any atom is 0.126 e. The molecule has 0 fully saturated rings. The highest BCUT2D eigenvalue weighted by Gasteiger charge is 2.13. The summed E-state index contributed by atoms with van der Waals surface area (Å²) in [6.45, 7) is 5.95. The fourth-order valence-corrected chi connectivity index (χ4v) is 0.553. The van der Waals surface area contributed by atoms with Crippen LogP contribution in [0.3, 0.4) is 0 Å². The third kappa shape index (κ3) is 4.71. The highest BCUT2D eigenvalue weighted by atomic mass is 19.1. The zero-order valence-corrected chi connectivity index (χ0v) is 7.41. The van der Waals surface area contributed by atoms with E-state index >= 15 is 0 Å². The maximum atomic E-state index is 12.8. The Bertz CT molecular complexity index is 182. The van der Waals surface area contributed by atoms with Crippen LogP contribution in [0.5, 0.6) is 0 Å². The first-order chi connectivity index (χ1) is 4.87. The molecule has 64 valence electrons. The molecule has 0 aliphatic rings. The van der Waals surface area contributed by atoms with E-state index in [2.05, 4.69) is 0 Å². The van der Waals surface area contributed by atoms with Crippen molar-refractivity contribution in [1.29, 1.82) is 0 Å². The summed E-state index contributed by atoms with van der Waals surface area (Å²) < 4.78 is 25.6. The van der Waals surface area contributed by atoms with Crippen molar-refractivity contribution in [2.45, 2.75) is 33.4 Å². The molecule has 0 saturated heterocycles. The Morgan fingerprint density at radius 3 is 2.09 bits per heavy atom. The average molecular weight is 160 g/mol. The molecule has 0 heterocycles. The first kappa shape index (κ1) is 10.3. The van der Waals surface area contributed by atoms with Crippen LogP contribution in [0.2, 0.25) is 0 Å². The van der Waals surface area contributed by atoms with Gasteiger partial charge in [-0.25, -0.2) is 8.78 Å². The second-order valence-corrected chi connectivity index (χ2v) is 3.03. The molecule has 0 bridgehead atoms. The van der Waals surface area contributed by atoms with E-state index in [-0.39, 0.29) is 0 Å². The van der Waals surface area contributed by atoms with Gasteiger partial charge in [-0.3, -0.25) is 0 Å². The van der Waals surface area contributed by atoms with Crippen LogP contribution in [0.4, 0.5) is 8.78 Å². The number of rotatable bonds is 2. The van der Waals surface area contributed by atoms with Crippen LogP contribution < -0.4 is 0 Å². The van der Waals surface area contributed by atoms with Gasteiger partial charge in [-0.15, -0.1) is 0 Å². The van der Waals surface area contributed by atoms with Crippen LogP contribution in [0.1, 0.15) is 27.7 Å². The summed E-state index contributed by atoms with van der Waals surface area (Å²) in [6.07, 6.45) is 2.58. The lowest BCUT2D eigenvalue weighted by Gasteiger charge is -2.07. The monoisotopic (exact) mass is 160 g/mol. The van der Waals surface area contributed by atoms with Gasteiger partial charge in [-0.2, -0.15) is 0 Å². The van der Waals surface area contributed by atoms with Gasteiger partial charge in [-0.05, 0) is 39.3 Å². The molecule has 2 heteroatoms.